The normalized spacial score (nSPS) is 11.7. The average Bonchev–Trinajstić information content (AvgIpc) is 0.836. The smallest absolute Gasteiger partial charge is 0.331 e. The van der Waals surface area contributed by atoms with Crippen LogP contribution in [-0.4, -0.2) is 212 Å². The maximum Gasteiger partial charge on any atom is 0.331 e. The predicted molar refractivity (Wildman–Crippen MR) is 481 cm³/mol. The molecule has 0 fully saturated rings. The van der Waals surface area contributed by atoms with Gasteiger partial charge in [-0.1, -0.05) is 200 Å². The molecule has 0 aliphatic rings. The van der Waals surface area contributed by atoms with Crippen molar-refractivity contribution < 1.29 is 119 Å². The first kappa shape index (κ1) is 108. The van der Waals surface area contributed by atoms with E-state index in [0.29, 0.717) is 31.9 Å². The van der Waals surface area contributed by atoms with Crippen LogP contribution in [0.4, 0.5) is 29.7 Å². The molecule has 7 N–H and O–H groups in total. The zero-order valence-electron chi connectivity index (χ0n) is 74.8. The third-order valence-corrected chi connectivity index (χ3v) is 17.2. The highest BCUT2D eigenvalue weighted by Crippen LogP contribution is 2.24. The van der Waals surface area contributed by atoms with Gasteiger partial charge in [0.25, 0.3) is 0 Å². The summed E-state index contributed by atoms with van der Waals surface area (Å²) in [7, 11) is 9.29. The zero-order chi connectivity index (χ0) is 96.0. The van der Waals surface area contributed by atoms with Crippen molar-refractivity contribution in [2.24, 2.45) is 0 Å². The summed E-state index contributed by atoms with van der Waals surface area (Å²) < 4.78 is 47.8. The van der Waals surface area contributed by atoms with Gasteiger partial charge in [0.2, 0.25) is 0 Å². The van der Waals surface area contributed by atoms with Gasteiger partial charge in [-0.25, -0.2) is 71.9 Å². The van der Waals surface area contributed by atoms with Crippen molar-refractivity contribution in [3.8, 4) is 0 Å². The van der Waals surface area contributed by atoms with E-state index in [9.17, 15) is 71.9 Å². The summed E-state index contributed by atoms with van der Waals surface area (Å²) in [5.74, 6) is -6.76. The molecule has 0 heterocycles. The van der Waals surface area contributed by atoms with Crippen LogP contribution in [0, 0.1) is 0 Å². The molecule has 0 spiro atoms. The second-order valence-corrected chi connectivity index (χ2v) is 27.9. The molecule has 0 bridgehead atoms. The summed E-state index contributed by atoms with van der Waals surface area (Å²) in [4.78, 5) is 180. The van der Waals surface area contributed by atoms with Gasteiger partial charge in [-0.05, 0) is 87.1 Å². The first-order valence-corrected chi connectivity index (χ1v) is 40.5. The average molecular weight is 1800 g/mol. The monoisotopic (exact) mass is 1790 g/mol. The number of nitrogens with one attached hydrogen (secondary N) is 7. The van der Waals surface area contributed by atoms with Crippen LogP contribution in [0.15, 0.2) is 273 Å². The molecule has 0 saturated carbocycles. The van der Waals surface area contributed by atoms with E-state index in [4.69, 9.17) is 23.7 Å². The van der Waals surface area contributed by atoms with Crippen molar-refractivity contribution in [3.63, 3.8) is 0 Å². The summed E-state index contributed by atoms with van der Waals surface area (Å²) in [6, 6.07) is 60.2. The molecule has 7 rings (SSSR count). The lowest BCUT2D eigenvalue weighted by Crippen LogP contribution is -2.48. The molecule has 0 saturated heterocycles. The molecule has 35 nitrogen and oxygen atoms in total. The third-order valence-electron chi connectivity index (χ3n) is 17.2. The van der Waals surface area contributed by atoms with E-state index in [1.165, 1.54) is 40.4 Å². The number of rotatable bonds is 36. The Bertz CT molecular complexity index is 4820. The Kier molecular flexibility index (Phi) is 52.1. The van der Waals surface area contributed by atoms with Gasteiger partial charge in [0.05, 0.1) is 65.8 Å². The van der Waals surface area contributed by atoms with E-state index in [-0.39, 0.29) is 57.2 Å². The van der Waals surface area contributed by atoms with Gasteiger partial charge in [0, 0.05) is 112 Å². The molecular weight excluding hydrogens is 1680 g/mol. The Labute approximate surface area is 755 Å². The summed E-state index contributed by atoms with van der Waals surface area (Å²) in [5, 5.41) is 19.4. The molecule has 7 aromatic rings. The lowest BCUT2D eigenvalue weighted by molar-refractivity contribution is -0.140. The van der Waals surface area contributed by atoms with Gasteiger partial charge in [-0.15, -0.1) is 0 Å². The number of carbonyl (C=O) groups is 15. The van der Waals surface area contributed by atoms with Crippen molar-refractivity contribution in [2.75, 3.05) is 108 Å². The van der Waals surface area contributed by atoms with Gasteiger partial charge >= 0.3 is 89.8 Å². The molecule has 5 atom stereocenters. The fraction of sp³-hybridized carbons (Fsp3) is 0.295. The first-order chi connectivity index (χ1) is 62.3. The Morgan fingerprint density at radius 3 is 0.885 bits per heavy atom. The van der Waals surface area contributed by atoms with Crippen molar-refractivity contribution in [3.05, 3.63) is 306 Å². The molecular formula is C95H114N10O25. The number of para-hydroxylation sites is 1. The zero-order valence-corrected chi connectivity index (χ0v) is 74.8. The lowest BCUT2D eigenvalue weighted by atomic mass is 10.1. The summed E-state index contributed by atoms with van der Waals surface area (Å²) in [6.45, 7) is 13.0. The van der Waals surface area contributed by atoms with Crippen LogP contribution in [-0.2, 0) is 102 Å². The quantitative estimate of drug-likeness (QED) is 0.0109. The Balaban J connectivity index is 0.000000420. The number of amides is 10. The van der Waals surface area contributed by atoms with E-state index in [2.05, 4.69) is 60.9 Å². The van der Waals surface area contributed by atoms with E-state index < -0.39 is 101 Å². The number of nitrogens with zero attached hydrogens (tertiary/aromatic N) is 3. The molecule has 7 aromatic carbocycles. The van der Waals surface area contributed by atoms with Crippen LogP contribution in [0.2, 0.25) is 0 Å². The number of ether oxygens (including phenoxy) is 10. The van der Waals surface area contributed by atoms with Crippen molar-refractivity contribution >= 4 is 95.5 Å². The molecule has 0 unspecified atom stereocenters. The minimum absolute atomic E-state index is 0.0186. The number of methoxy groups -OCH3 is 5. The molecule has 0 aliphatic heterocycles. The number of urea groups is 5. The fourth-order valence-electron chi connectivity index (χ4n) is 10.6. The highest BCUT2D eigenvalue weighted by Gasteiger charge is 2.29. The molecule has 0 radical (unpaired) electrons. The molecule has 694 valence electrons. The van der Waals surface area contributed by atoms with Crippen LogP contribution < -0.4 is 37.2 Å². The van der Waals surface area contributed by atoms with Crippen LogP contribution >= 0.6 is 0 Å². The standard InChI is InChI=1S/C21H22N2O5.C20H20N2O5.C20H28N2O5.C18H24N2O5.C16H20N2O5/c1-27-19(24)12-13-20(25)28-15-18(17-10-6-3-7-11-17)23-21(26)22-14-16-8-4-2-5-9-16;1-26-18(23)12-13-19(24)27-14-17(15-8-4-2-5-9-15)22-20(25)21-16-10-6-3-7-11-16;1-5-21(6-2)20(25)22(7-3)17(16-11-9-8-10-12-16)15-27-19(24)14-13-18(23)26-4;1-18(2,3)20-17(23)19-14(13-8-6-5-7-9-13)12-25-16(22)11-10-15(21)24-4;1-18(2)16(21)17-13(12-7-5-4-6-8-12)11-23-15(20)10-9-14(19)22-3/h2-13,18H,14-15H2,1H3,(H2,22,23,26);2-13,17H,14H2,1H3,(H2,21,22,25);8-14,17H,5-7,15H2,1-4H3;5-11,14H,12H2,1-4H3,(H2,19,20,23);4-10,13H,11H2,1-3H3,(H,17,21)/b2*13-12+;14-13+;11-10+;10-9+/t18-;2*17-;14-;13-/m00000/s1. The number of carbonyl (C=O) groups excluding carboxylic acids is 15. The van der Waals surface area contributed by atoms with Gasteiger partial charge < -0.3 is 99.3 Å². The molecule has 0 aromatic heterocycles. The fourth-order valence-corrected chi connectivity index (χ4v) is 10.6. The molecule has 35 heteroatoms. The minimum atomic E-state index is -0.716. The maximum absolute atomic E-state index is 12.9. The van der Waals surface area contributed by atoms with Gasteiger partial charge in [-0.2, -0.15) is 0 Å². The minimum Gasteiger partial charge on any atom is -0.466 e. The van der Waals surface area contributed by atoms with Crippen molar-refractivity contribution in [1.29, 1.82) is 0 Å². The van der Waals surface area contributed by atoms with E-state index >= 15 is 0 Å². The molecule has 10 amide bonds. The third kappa shape index (κ3) is 46.9. The highest BCUT2D eigenvalue weighted by molar-refractivity contribution is 5.95. The van der Waals surface area contributed by atoms with E-state index in [1.54, 1.807) is 48.2 Å². The Morgan fingerprint density at radius 2 is 0.592 bits per heavy atom. The first-order valence-electron chi connectivity index (χ1n) is 40.5. The van der Waals surface area contributed by atoms with Crippen molar-refractivity contribution in [1.82, 2.24) is 46.6 Å². The van der Waals surface area contributed by atoms with Crippen LogP contribution in [0.25, 0.3) is 0 Å². The predicted octanol–water partition coefficient (Wildman–Crippen LogP) is 11.5. The maximum atomic E-state index is 12.9. The summed E-state index contributed by atoms with van der Waals surface area (Å²) >= 11 is 0. The highest BCUT2D eigenvalue weighted by atomic mass is 16.6. The SMILES string of the molecule is CCN(CC)C(=O)N(CC)[C@@H](COC(=O)/C=C/C(=O)OC)c1ccccc1.COC(=O)/C=C/C(=O)OC[C@H](NC(=O)N(C)C)c1ccccc1.COC(=O)/C=C/C(=O)OC[C@H](NC(=O)NC(C)(C)C)c1ccccc1.COC(=O)/C=C/C(=O)OC[C@H](NC(=O)NCc1ccccc1)c1ccccc1.COC(=O)/C=C/C(=O)OC[C@H](NC(=O)Nc1ccccc1)c1ccccc1. The Hall–Kier alpha value is -15.7. The Morgan fingerprint density at radius 1 is 0.323 bits per heavy atom. The number of benzene rings is 7. The van der Waals surface area contributed by atoms with Crippen LogP contribution in [0.1, 0.15) is 105 Å². The van der Waals surface area contributed by atoms with E-state index in [1.807, 2.05) is 230 Å². The number of anilines is 1. The largest absolute Gasteiger partial charge is 0.466 e. The second kappa shape index (κ2) is 62.4. The van der Waals surface area contributed by atoms with Gasteiger partial charge in [-0.3, -0.25) is 0 Å². The number of hydrogen-bond donors (Lipinski definition) is 7. The second-order valence-electron chi connectivity index (χ2n) is 27.9. The topological polar surface area (TPSA) is 442 Å². The summed E-state index contributed by atoms with van der Waals surface area (Å²) in [5.41, 5.74) is 5.21. The van der Waals surface area contributed by atoms with E-state index in [0.717, 1.165) is 94.1 Å². The van der Waals surface area contributed by atoms with Crippen LogP contribution in [0.3, 0.4) is 0 Å². The van der Waals surface area contributed by atoms with Gasteiger partial charge in [0.15, 0.2) is 0 Å². The van der Waals surface area contributed by atoms with Gasteiger partial charge in [0.1, 0.15) is 33.0 Å². The number of likely N-dealkylation sites (N-methyl/N-ethyl adjacent to an activating group) is 1. The molecule has 0 aliphatic carbocycles. The lowest BCUT2D eigenvalue weighted by Gasteiger charge is -2.34. The van der Waals surface area contributed by atoms with Crippen molar-refractivity contribution in [2.45, 2.75) is 83.8 Å². The molecule has 130 heavy (non-hydrogen) atoms. The van der Waals surface area contributed by atoms with Crippen LogP contribution in [0.5, 0.6) is 0 Å². The number of esters is 10. The summed E-state index contributed by atoms with van der Waals surface area (Å²) in [6.07, 6.45) is 9.79. The number of hydrogen-bond acceptors (Lipinski definition) is 25.